The maximum atomic E-state index is 5.55. The summed E-state index contributed by atoms with van der Waals surface area (Å²) in [6, 6.07) is 8.26. The molecule has 0 unspecified atom stereocenters. The number of anilines is 1. The van der Waals surface area contributed by atoms with Gasteiger partial charge in [0.15, 0.2) is 0 Å². The van der Waals surface area contributed by atoms with Crippen molar-refractivity contribution >= 4 is 5.69 Å². The summed E-state index contributed by atoms with van der Waals surface area (Å²) in [7, 11) is 0. The van der Waals surface area contributed by atoms with Crippen molar-refractivity contribution in [1.82, 2.24) is 0 Å². The molecule has 17 heavy (non-hydrogen) atoms. The average molecular weight is 236 g/mol. The Kier molecular flexibility index (Phi) is 6.48. The van der Waals surface area contributed by atoms with E-state index in [9.17, 15) is 0 Å². The van der Waals surface area contributed by atoms with Crippen LogP contribution in [0.5, 0.6) is 5.75 Å². The molecule has 1 rings (SSSR count). The predicted molar refractivity (Wildman–Crippen MR) is 73.8 cm³/mol. The number of hydrogen-bond acceptors (Lipinski definition) is 3. The number of rotatable bonds is 8. The van der Waals surface area contributed by atoms with Crippen molar-refractivity contribution in [2.24, 2.45) is 5.73 Å². The lowest BCUT2D eigenvalue weighted by molar-refractivity contribution is 0.328. The molecule has 2 N–H and O–H groups in total. The molecule has 0 saturated carbocycles. The zero-order valence-corrected chi connectivity index (χ0v) is 11.0. The minimum Gasteiger partial charge on any atom is -0.492 e. The molecule has 0 atom stereocenters. The van der Waals surface area contributed by atoms with Crippen molar-refractivity contribution in [3.05, 3.63) is 24.3 Å². The molecule has 0 fully saturated rings. The Bertz CT molecular complexity index is 309. The zero-order valence-electron chi connectivity index (χ0n) is 11.0. The van der Waals surface area contributed by atoms with E-state index in [-0.39, 0.29) is 0 Å². The Balaban J connectivity index is 2.72. The summed E-state index contributed by atoms with van der Waals surface area (Å²) in [5, 5.41) is 0. The second kappa shape index (κ2) is 7.96. The number of hydrogen-bond donors (Lipinski definition) is 1. The van der Waals surface area contributed by atoms with Gasteiger partial charge in [-0.1, -0.05) is 19.9 Å². The molecule has 3 nitrogen and oxygen atoms in total. The summed E-state index contributed by atoms with van der Waals surface area (Å²) in [6.45, 7) is 7.72. The minimum absolute atomic E-state index is 0.553. The van der Waals surface area contributed by atoms with Crippen LogP contribution in [0.3, 0.4) is 0 Å². The molecule has 0 amide bonds. The molecule has 96 valence electrons. The fourth-order valence-corrected chi connectivity index (χ4v) is 1.86. The standard InChI is InChI=1S/C14H24N2O/c1-3-9-16(10-4-2)13-6-5-7-14(12-13)17-11-8-15/h5-7,12H,3-4,8-11,15H2,1-2H3. The number of nitrogens with two attached hydrogens (primary N) is 1. The average Bonchev–Trinajstić information content (AvgIpc) is 2.36. The van der Waals surface area contributed by atoms with Gasteiger partial charge in [0.05, 0.1) is 0 Å². The molecule has 0 aromatic heterocycles. The molecule has 0 aliphatic heterocycles. The van der Waals surface area contributed by atoms with Crippen LogP contribution in [-0.4, -0.2) is 26.2 Å². The first-order chi connectivity index (χ1) is 8.31. The Morgan fingerprint density at radius 1 is 1.18 bits per heavy atom. The lowest BCUT2D eigenvalue weighted by Crippen LogP contribution is -2.24. The zero-order chi connectivity index (χ0) is 12.5. The van der Waals surface area contributed by atoms with Gasteiger partial charge < -0.3 is 15.4 Å². The first-order valence-corrected chi connectivity index (χ1v) is 6.49. The van der Waals surface area contributed by atoms with Gasteiger partial charge in [-0.05, 0) is 25.0 Å². The minimum atomic E-state index is 0.553. The summed E-state index contributed by atoms with van der Waals surface area (Å²) in [5.41, 5.74) is 6.67. The lowest BCUT2D eigenvalue weighted by atomic mass is 10.2. The van der Waals surface area contributed by atoms with Gasteiger partial charge in [-0.2, -0.15) is 0 Å². The summed E-state index contributed by atoms with van der Waals surface area (Å²) in [5.74, 6) is 0.908. The van der Waals surface area contributed by atoms with Crippen LogP contribution in [0.4, 0.5) is 5.69 Å². The predicted octanol–water partition coefficient (Wildman–Crippen LogP) is 2.65. The van der Waals surface area contributed by atoms with Crippen LogP contribution in [0.25, 0.3) is 0 Å². The molecule has 0 bridgehead atoms. The van der Waals surface area contributed by atoms with Gasteiger partial charge in [-0.25, -0.2) is 0 Å². The van der Waals surface area contributed by atoms with Crippen molar-refractivity contribution in [1.29, 1.82) is 0 Å². The van der Waals surface area contributed by atoms with Gasteiger partial charge in [0.1, 0.15) is 12.4 Å². The highest BCUT2D eigenvalue weighted by Gasteiger charge is 2.05. The SMILES string of the molecule is CCCN(CCC)c1cccc(OCCN)c1. The van der Waals surface area contributed by atoms with Gasteiger partial charge in [-0.3, -0.25) is 0 Å². The van der Waals surface area contributed by atoms with Gasteiger partial charge >= 0.3 is 0 Å². The van der Waals surface area contributed by atoms with E-state index in [1.807, 2.05) is 12.1 Å². The normalized spacial score (nSPS) is 10.3. The topological polar surface area (TPSA) is 38.5 Å². The van der Waals surface area contributed by atoms with Crippen LogP contribution in [-0.2, 0) is 0 Å². The largest absolute Gasteiger partial charge is 0.492 e. The van der Waals surface area contributed by atoms with Gasteiger partial charge in [0.2, 0.25) is 0 Å². The first-order valence-electron chi connectivity index (χ1n) is 6.49. The molecule has 1 aromatic carbocycles. The van der Waals surface area contributed by atoms with Crippen LogP contribution in [0.15, 0.2) is 24.3 Å². The molecule has 0 heterocycles. The van der Waals surface area contributed by atoms with Crippen LogP contribution >= 0.6 is 0 Å². The van der Waals surface area contributed by atoms with Crippen molar-refractivity contribution < 1.29 is 4.74 Å². The summed E-state index contributed by atoms with van der Waals surface area (Å²) >= 11 is 0. The van der Waals surface area contributed by atoms with Crippen molar-refractivity contribution in [3.63, 3.8) is 0 Å². The van der Waals surface area contributed by atoms with Gasteiger partial charge in [0, 0.05) is 31.4 Å². The molecular formula is C14H24N2O. The van der Waals surface area contributed by atoms with E-state index >= 15 is 0 Å². The fourth-order valence-electron chi connectivity index (χ4n) is 1.86. The maximum Gasteiger partial charge on any atom is 0.121 e. The quantitative estimate of drug-likeness (QED) is 0.754. The van der Waals surface area contributed by atoms with Crippen LogP contribution in [0, 0.1) is 0 Å². The van der Waals surface area contributed by atoms with Crippen LogP contribution in [0.2, 0.25) is 0 Å². The highest BCUT2D eigenvalue weighted by molar-refractivity contribution is 5.50. The third-order valence-electron chi connectivity index (χ3n) is 2.56. The van der Waals surface area contributed by atoms with E-state index in [0.717, 1.165) is 31.7 Å². The molecule has 0 saturated heterocycles. The number of nitrogens with zero attached hydrogens (tertiary/aromatic N) is 1. The summed E-state index contributed by atoms with van der Waals surface area (Å²) in [4.78, 5) is 2.40. The Morgan fingerprint density at radius 3 is 2.47 bits per heavy atom. The second-order valence-electron chi connectivity index (χ2n) is 4.12. The van der Waals surface area contributed by atoms with E-state index in [0.29, 0.717) is 13.2 Å². The molecule has 0 aliphatic rings. The van der Waals surface area contributed by atoms with E-state index in [2.05, 4.69) is 30.9 Å². The Morgan fingerprint density at radius 2 is 1.88 bits per heavy atom. The molecular weight excluding hydrogens is 212 g/mol. The molecule has 0 aliphatic carbocycles. The Labute approximate surface area is 105 Å². The molecule has 1 aromatic rings. The van der Waals surface area contributed by atoms with Crippen molar-refractivity contribution in [2.45, 2.75) is 26.7 Å². The monoisotopic (exact) mass is 236 g/mol. The van der Waals surface area contributed by atoms with Gasteiger partial charge in [-0.15, -0.1) is 0 Å². The third-order valence-corrected chi connectivity index (χ3v) is 2.56. The van der Waals surface area contributed by atoms with Crippen molar-refractivity contribution in [2.75, 3.05) is 31.1 Å². The Hall–Kier alpha value is -1.22. The number of ether oxygens (including phenoxy) is 1. The van der Waals surface area contributed by atoms with Gasteiger partial charge in [0.25, 0.3) is 0 Å². The number of benzene rings is 1. The maximum absolute atomic E-state index is 5.55. The lowest BCUT2D eigenvalue weighted by Gasteiger charge is -2.24. The third kappa shape index (κ3) is 4.65. The summed E-state index contributed by atoms with van der Waals surface area (Å²) in [6.07, 6.45) is 2.32. The fraction of sp³-hybridized carbons (Fsp3) is 0.571. The van der Waals surface area contributed by atoms with E-state index in [1.54, 1.807) is 0 Å². The van der Waals surface area contributed by atoms with E-state index < -0.39 is 0 Å². The highest BCUT2D eigenvalue weighted by Crippen LogP contribution is 2.21. The second-order valence-corrected chi connectivity index (χ2v) is 4.12. The van der Waals surface area contributed by atoms with E-state index in [4.69, 9.17) is 10.5 Å². The molecule has 0 spiro atoms. The van der Waals surface area contributed by atoms with Crippen LogP contribution < -0.4 is 15.4 Å². The highest BCUT2D eigenvalue weighted by atomic mass is 16.5. The van der Waals surface area contributed by atoms with Crippen molar-refractivity contribution in [3.8, 4) is 5.75 Å². The molecule has 0 radical (unpaired) electrons. The summed E-state index contributed by atoms with van der Waals surface area (Å²) < 4.78 is 5.55. The van der Waals surface area contributed by atoms with Crippen LogP contribution in [0.1, 0.15) is 26.7 Å². The molecule has 3 heteroatoms. The smallest absolute Gasteiger partial charge is 0.121 e. The van der Waals surface area contributed by atoms with E-state index in [1.165, 1.54) is 5.69 Å². The first kappa shape index (κ1) is 13.8.